The molecule has 0 spiro atoms. The van der Waals surface area contributed by atoms with Gasteiger partial charge in [0.2, 0.25) is 0 Å². The first-order valence-corrected chi connectivity index (χ1v) is 7.24. The molecule has 0 radical (unpaired) electrons. The molecule has 5 nitrogen and oxygen atoms in total. The first-order valence-electron chi connectivity index (χ1n) is 7.24. The van der Waals surface area contributed by atoms with Crippen LogP contribution in [-0.2, 0) is 0 Å². The van der Waals surface area contributed by atoms with Gasteiger partial charge in [-0.2, -0.15) is 5.10 Å². The van der Waals surface area contributed by atoms with Crippen molar-refractivity contribution in [3.05, 3.63) is 30.2 Å². The van der Waals surface area contributed by atoms with Crippen LogP contribution >= 0.6 is 0 Å². The molecule has 2 unspecified atom stereocenters. The molecule has 1 saturated carbocycles. The van der Waals surface area contributed by atoms with Crippen LogP contribution in [-0.4, -0.2) is 38.5 Å². The number of nitrogens with zero attached hydrogens (tertiary/aromatic N) is 4. The first-order chi connectivity index (χ1) is 9.68. The van der Waals surface area contributed by atoms with Crippen LogP contribution in [0.4, 0.5) is 0 Å². The summed E-state index contributed by atoms with van der Waals surface area (Å²) in [6.45, 7) is 2.24. The van der Waals surface area contributed by atoms with Gasteiger partial charge in [0.25, 0.3) is 5.91 Å². The summed E-state index contributed by atoms with van der Waals surface area (Å²) < 4.78 is 1.64. The predicted molar refractivity (Wildman–Crippen MR) is 76.5 cm³/mol. The van der Waals surface area contributed by atoms with E-state index in [-0.39, 0.29) is 5.91 Å². The molecule has 1 aliphatic rings. The van der Waals surface area contributed by atoms with E-state index in [2.05, 4.69) is 17.0 Å². The summed E-state index contributed by atoms with van der Waals surface area (Å²) in [5, 5.41) is 4.19. The molecule has 0 bridgehead atoms. The van der Waals surface area contributed by atoms with E-state index in [0.717, 1.165) is 6.42 Å². The van der Waals surface area contributed by atoms with Gasteiger partial charge in [0.1, 0.15) is 5.56 Å². The van der Waals surface area contributed by atoms with Crippen molar-refractivity contribution in [2.75, 3.05) is 7.05 Å². The summed E-state index contributed by atoms with van der Waals surface area (Å²) in [7, 11) is 1.90. The van der Waals surface area contributed by atoms with Crippen LogP contribution in [0.5, 0.6) is 0 Å². The Morgan fingerprint density at radius 1 is 1.40 bits per heavy atom. The van der Waals surface area contributed by atoms with Gasteiger partial charge in [-0.1, -0.05) is 19.8 Å². The van der Waals surface area contributed by atoms with Gasteiger partial charge in [0, 0.05) is 25.5 Å². The van der Waals surface area contributed by atoms with Crippen LogP contribution in [0.3, 0.4) is 0 Å². The minimum atomic E-state index is 0.0254. The molecule has 2 heterocycles. The quantitative estimate of drug-likeness (QED) is 0.843. The second kappa shape index (κ2) is 5.23. The summed E-state index contributed by atoms with van der Waals surface area (Å²) in [5.74, 6) is 0.588. The average molecular weight is 272 g/mol. The zero-order valence-electron chi connectivity index (χ0n) is 12.0. The highest BCUT2D eigenvalue weighted by Crippen LogP contribution is 2.28. The Bertz CT molecular complexity index is 621. The maximum Gasteiger partial charge on any atom is 0.259 e. The molecule has 0 aliphatic heterocycles. The van der Waals surface area contributed by atoms with Gasteiger partial charge in [-0.25, -0.2) is 9.50 Å². The van der Waals surface area contributed by atoms with Gasteiger partial charge in [-0.3, -0.25) is 4.79 Å². The van der Waals surface area contributed by atoms with Crippen molar-refractivity contribution < 1.29 is 4.79 Å². The third kappa shape index (κ3) is 2.17. The van der Waals surface area contributed by atoms with E-state index in [9.17, 15) is 4.79 Å². The summed E-state index contributed by atoms with van der Waals surface area (Å²) in [4.78, 5) is 18.8. The van der Waals surface area contributed by atoms with Crippen molar-refractivity contribution in [1.29, 1.82) is 0 Å². The Morgan fingerprint density at radius 2 is 2.20 bits per heavy atom. The number of fused-ring (bicyclic) bond motifs is 1. The van der Waals surface area contributed by atoms with Crippen LogP contribution < -0.4 is 0 Å². The first kappa shape index (κ1) is 13.1. The largest absolute Gasteiger partial charge is 0.338 e. The van der Waals surface area contributed by atoms with Crippen molar-refractivity contribution in [2.24, 2.45) is 5.92 Å². The second-order valence-electron chi connectivity index (χ2n) is 5.69. The molecule has 2 atom stereocenters. The Hall–Kier alpha value is -1.91. The van der Waals surface area contributed by atoms with E-state index < -0.39 is 0 Å². The summed E-state index contributed by atoms with van der Waals surface area (Å²) in [5.41, 5.74) is 1.22. The van der Waals surface area contributed by atoms with Gasteiger partial charge < -0.3 is 4.90 Å². The lowest BCUT2D eigenvalue weighted by atomic mass is 9.85. The summed E-state index contributed by atoms with van der Waals surface area (Å²) >= 11 is 0. The number of hydrogen-bond donors (Lipinski definition) is 0. The fraction of sp³-hybridized carbons (Fsp3) is 0.533. The smallest absolute Gasteiger partial charge is 0.259 e. The molecule has 2 aromatic heterocycles. The number of hydrogen-bond acceptors (Lipinski definition) is 3. The highest BCUT2D eigenvalue weighted by Gasteiger charge is 2.29. The zero-order valence-corrected chi connectivity index (χ0v) is 12.0. The van der Waals surface area contributed by atoms with E-state index in [1.54, 1.807) is 23.0 Å². The molecule has 3 rings (SSSR count). The lowest BCUT2D eigenvalue weighted by molar-refractivity contribution is 0.0630. The predicted octanol–water partition coefficient (Wildman–Crippen LogP) is 2.38. The maximum absolute atomic E-state index is 12.7. The third-order valence-electron chi connectivity index (χ3n) is 4.39. The van der Waals surface area contributed by atoms with Crippen molar-refractivity contribution in [3.63, 3.8) is 0 Å². The van der Waals surface area contributed by atoms with Crippen molar-refractivity contribution in [2.45, 2.75) is 38.6 Å². The molecule has 106 valence electrons. The average Bonchev–Trinajstić information content (AvgIpc) is 2.90. The van der Waals surface area contributed by atoms with Crippen LogP contribution in [0.15, 0.2) is 24.7 Å². The maximum atomic E-state index is 12.7. The highest BCUT2D eigenvalue weighted by molar-refractivity contribution is 5.99. The Morgan fingerprint density at radius 3 is 3.00 bits per heavy atom. The van der Waals surface area contributed by atoms with Gasteiger partial charge in [-0.15, -0.1) is 0 Å². The molecule has 0 aromatic carbocycles. The molecule has 0 N–H and O–H groups in total. The Labute approximate surface area is 118 Å². The van der Waals surface area contributed by atoms with Crippen LogP contribution in [0, 0.1) is 5.92 Å². The van der Waals surface area contributed by atoms with Gasteiger partial charge in [0.15, 0.2) is 5.65 Å². The van der Waals surface area contributed by atoms with E-state index in [1.807, 2.05) is 18.1 Å². The van der Waals surface area contributed by atoms with E-state index in [4.69, 9.17) is 0 Å². The van der Waals surface area contributed by atoms with Crippen molar-refractivity contribution in [1.82, 2.24) is 19.5 Å². The molecule has 5 heteroatoms. The monoisotopic (exact) mass is 272 g/mol. The SMILES string of the molecule is CC1CCCCC1N(C)C(=O)c1cnn2cccnc12. The number of carbonyl (C=O) groups excluding carboxylic acids is 1. The minimum Gasteiger partial charge on any atom is -0.338 e. The van der Waals surface area contributed by atoms with E-state index in [1.165, 1.54) is 19.3 Å². The van der Waals surface area contributed by atoms with Crippen LogP contribution in [0.2, 0.25) is 0 Å². The van der Waals surface area contributed by atoms with Crippen LogP contribution in [0.25, 0.3) is 5.65 Å². The van der Waals surface area contributed by atoms with Crippen molar-refractivity contribution in [3.8, 4) is 0 Å². The minimum absolute atomic E-state index is 0.0254. The van der Waals surface area contributed by atoms with Crippen LogP contribution in [0.1, 0.15) is 43.0 Å². The third-order valence-corrected chi connectivity index (χ3v) is 4.39. The molecular formula is C15H20N4O. The number of aromatic nitrogens is 3. The normalized spacial score (nSPS) is 22.9. The molecule has 1 fully saturated rings. The summed E-state index contributed by atoms with van der Waals surface area (Å²) in [6.07, 6.45) is 9.90. The zero-order chi connectivity index (χ0) is 14.1. The fourth-order valence-electron chi connectivity index (χ4n) is 3.19. The van der Waals surface area contributed by atoms with Crippen molar-refractivity contribution >= 4 is 11.6 Å². The standard InChI is InChI=1S/C15H20N4O/c1-11-6-3-4-7-13(11)18(2)15(20)12-10-17-19-9-5-8-16-14(12)19/h5,8-11,13H,3-4,6-7H2,1-2H3. The lowest BCUT2D eigenvalue weighted by Gasteiger charge is -2.36. The molecule has 1 amide bonds. The van der Waals surface area contributed by atoms with E-state index >= 15 is 0 Å². The van der Waals surface area contributed by atoms with Gasteiger partial charge in [-0.05, 0) is 24.8 Å². The molecule has 20 heavy (non-hydrogen) atoms. The number of carbonyl (C=O) groups is 1. The topological polar surface area (TPSA) is 50.5 Å². The Balaban J connectivity index is 1.88. The molecule has 1 aliphatic carbocycles. The fourth-order valence-corrected chi connectivity index (χ4v) is 3.19. The van der Waals surface area contributed by atoms with Gasteiger partial charge >= 0.3 is 0 Å². The number of rotatable bonds is 2. The molecule has 0 saturated heterocycles. The molecular weight excluding hydrogens is 252 g/mol. The second-order valence-corrected chi connectivity index (χ2v) is 5.69. The number of amides is 1. The Kier molecular flexibility index (Phi) is 3.42. The van der Waals surface area contributed by atoms with E-state index in [0.29, 0.717) is 23.2 Å². The summed E-state index contributed by atoms with van der Waals surface area (Å²) in [6, 6.07) is 2.14. The van der Waals surface area contributed by atoms with Gasteiger partial charge in [0.05, 0.1) is 6.20 Å². The highest BCUT2D eigenvalue weighted by atomic mass is 16.2. The lowest BCUT2D eigenvalue weighted by Crippen LogP contribution is -2.42. The molecule has 2 aromatic rings.